The Labute approximate surface area is 77.7 Å². The molecule has 1 aliphatic heterocycles. The van der Waals surface area contributed by atoms with Crippen molar-refractivity contribution in [3.05, 3.63) is 0 Å². The molecule has 1 fully saturated rings. The first-order valence-corrected chi connectivity index (χ1v) is 4.40. The normalized spacial score (nSPS) is 16.9. The molecule has 0 bridgehead atoms. The lowest BCUT2D eigenvalue weighted by Crippen LogP contribution is -2.47. The fraction of sp³-hybridized carbons (Fsp3) is 0.750. The number of amides is 1. The van der Waals surface area contributed by atoms with E-state index in [1.165, 1.54) is 0 Å². The molecule has 0 saturated carbocycles. The van der Waals surface area contributed by atoms with E-state index in [9.17, 15) is 4.79 Å². The van der Waals surface area contributed by atoms with Gasteiger partial charge in [0, 0.05) is 39.1 Å². The molecule has 0 aromatic rings. The van der Waals surface area contributed by atoms with E-state index in [0.29, 0.717) is 39.1 Å². The van der Waals surface area contributed by atoms with Gasteiger partial charge < -0.3 is 15.5 Å². The Kier molecular flexibility index (Phi) is 3.53. The maximum atomic E-state index is 11.3. The highest BCUT2D eigenvalue weighted by Gasteiger charge is 2.19. The zero-order chi connectivity index (χ0) is 9.68. The molecular weight excluding hydrogens is 168 g/mol. The van der Waals surface area contributed by atoms with Crippen LogP contribution in [0.4, 0.5) is 0 Å². The van der Waals surface area contributed by atoms with E-state index in [4.69, 9.17) is 11.0 Å². The minimum Gasteiger partial charge on any atom is -0.339 e. The lowest BCUT2D eigenvalue weighted by atomic mass is 10.3. The Morgan fingerprint density at radius 3 is 2.46 bits per heavy atom. The van der Waals surface area contributed by atoms with E-state index >= 15 is 0 Å². The lowest BCUT2D eigenvalue weighted by molar-refractivity contribution is -0.132. The third-order valence-corrected chi connectivity index (χ3v) is 2.13. The summed E-state index contributed by atoms with van der Waals surface area (Å²) in [6, 6.07) is 0. The van der Waals surface area contributed by atoms with Crippen LogP contribution in [0.1, 0.15) is 6.42 Å². The number of hydrogen-bond donors (Lipinski definition) is 1. The summed E-state index contributed by atoms with van der Waals surface area (Å²) < 4.78 is 0. The summed E-state index contributed by atoms with van der Waals surface area (Å²) in [6.45, 7) is 2.98. The second-order valence-corrected chi connectivity index (χ2v) is 3.01. The monoisotopic (exact) mass is 182 g/mol. The first-order valence-electron chi connectivity index (χ1n) is 4.40. The van der Waals surface area contributed by atoms with Gasteiger partial charge in [0.05, 0.1) is 0 Å². The molecule has 1 heterocycles. The third-order valence-electron chi connectivity index (χ3n) is 2.13. The Hall–Kier alpha value is -1.28. The minimum atomic E-state index is 0.0973. The molecule has 0 spiro atoms. The molecule has 0 aliphatic carbocycles. The van der Waals surface area contributed by atoms with Gasteiger partial charge in [-0.15, -0.1) is 0 Å². The summed E-state index contributed by atoms with van der Waals surface area (Å²) in [7, 11) is 0. The molecule has 72 valence electrons. The van der Waals surface area contributed by atoms with Gasteiger partial charge in [0.2, 0.25) is 5.91 Å². The Balaban J connectivity index is 2.33. The summed E-state index contributed by atoms with van der Waals surface area (Å²) in [6.07, 6.45) is 2.48. The zero-order valence-corrected chi connectivity index (χ0v) is 7.57. The number of rotatable bonds is 2. The highest BCUT2D eigenvalue weighted by atomic mass is 16.2. The van der Waals surface area contributed by atoms with Crippen molar-refractivity contribution in [1.29, 1.82) is 5.26 Å². The van der Waals surface area contributed by atoms with Gasteiger partial charge in [-0.1, -0.05) is 0 Å². The van der Waals surface area contributed by atoms with Crippen LogP contribution in [-0.4, -0.2) is 48.4 Å². The molecule has 0 aromatic carbocycles. The predicted octanol–water partition coefficient (Wildman–Crippen LogP) is -1.04. The molecule has 2 N–H and O–H groups in total. The summed E-state index contributed by atoms with van der Waals surface area (Å²) in [4.78, 5) is 14.8. The SMILES string of the molecule is N#CN1CCN(C(=O)CCN)CC1. The second kappa shape index (κ2) is 4.67. The van der Waals surface area contributed by atoms with Crippen LogP contribution in [-0.2, 0) is 4.79 Å². The van der Waals surface area contributed by atoms with Crippen LogP contribution in [0.3, 0.4) is 0 Å². The Morgan fingerprint density at radius 1 is 1.38 bits per heavy atom. The van der Waals surface area contributed by atoms with Gasteiger partial charge in [0.15, 0.2) is 6.19 Å². The molecule has 1 amide bonds. The van der Waals surface area contributed by atoms with Crippen LogP contribution in [0.25, 0.3) is 0 Å². The van der Waals surface area contributed by atoms with Gasteiger partial charge in [0.25, 0.3) is 0 Å². The summed E-state index contributed by atoms with van der Waals surface area (Å²) in [5, 5.41) is 8.57. The van der Waals surface area contributed by atoms with Crippen molar-refractivity contribution in [3.8, 4) is 6.19 Å². The van der Waals surface area contributed by atoms with E-state index < -0.39 is 0 Å². The molecular formula is C8H14N4O. The van der Waals surface area contributed by atoms with Crippen molar-refractivity contribution in [2.75, 3.05) is 32.7 Å². The standard InChI is InChI=1S/C8H14N4O/c9-2-1-8(13)12-5-3-11(7-10)4-6-12/h1-6,9H2. The van der Waals surface area contributed by atoms with Crippen molar-refractivity contribution in [2.45, 2.75) is 6.42 Å². The number of carbonyl (C=O) groups is 1. The summed E-state index contributed by atoms with van der Waals surface area (Å²) in [5.41, 5.74) is 5.28. The molecule has 1 saturated heterocycles. The second-order valence-electron chi connectivity index (χ2n) is 3.01. The minimum absolute atomic E-state index is 0.0973. The first-order chi connectivity index (χ1) is 6.27. The van der Waals surface area contributed by atoms with Gasteiger partial charge in [-0.25, -0.2) is 0 Å². The molecule has 1 aliphatic rings. The topological polar surface area (TPSA) is 73.4 Å². The quantitative estimate of drug-likeness (QED) is 0.554. The van der Waals surface area contributed by atoms with Gasteiger partial charge >= 0.3 is 0 Å². The van der Waals surface area contributed by atoms with E-state index in [1.54, 1.807) is 9.80 Å². The summed E-state index contributed by atoms with van der Waals surface area (Å²) in [5.74, 6) is 0.0973. The van der Waals surface area contributed by atoms with Crippen molar-refractivity contribution in [3.63, 3.8) is 0 Å². The number of hydrogen-bond acceptors (Lipinski definition) is 4. The van der Waals surface area contributed by atoms with Crippen LogP contribution in [0.2, 0.25) is 0 Å². The van der Waals surface area contributed by atoms with Gasteiger partial charge in [-0.2, -0.15) is 5.26 Å². The fourth-order valence-corrected chi connectivity index (χ4v) is 1.34. The third kappa shape index (κ3) is 2.60. The number of nitrogens with two attached hydrogens (primary N) is 1. The van der Waals surface area contributed by atoms with Crippen molar-refractivity contribution < 1.29 is 4.79 Å². The predicted molar refractivity (Wildman–Crippen MR) is 47.4 cm³/mol. The molecule has 0 atom stereocenters. The fourth-order valence-electron chi connectivity index (χ4n) is 1.34. The average molecular weight is 182 g/mol. The highest BCUT2D eigenvalue weighted by Crippen LogP contribution is 2.01. The maximum Gasteiger partial charge on any atom is 0.223 e. The number of piperazine rings is 1. The largest absolute Gasteiger partial charge is 0.339 e. The van der Waals surface area contributed by atoms with E-state index in [0.717, 1.165) is 0 Å². The van der Waals surface area contributed by atoms with Crippen LogP contribution in [0, 0.1) is 11.5 Å². The Morgan fingerprint density at radius 2 is 2.00 bits per heavy atom. The molecule has 5 heteroatoms. The Bertz CT molecular complexity index is 215. The smallest absolute Gasteiger partial charge is 0.223 e. The number of nitrogens with zero attached hydrogens (tertiary/aromatic N) is 3. The molecule has 0 radical (unpaired) electrons. The highest BCUT2D eigenvalue weighted by molar-refractivity contribution is 5.76. The number of nitriles is 1. The maximum absolute atomic E-state index is 11.3. The number of carbonyl (C=O) groups excluding carboxylic acids is 1. The molecule has 5 nitrogen and oxygen atoms in total. The van der Waals surface area contributed by atoms with E-state index in [-0.39, 0.29) is 5.91 Å². The molecule has 1 rings (SSSR count). The molecule has 13 heavy (non-hydrogen) atoms. The van der Waals surface area contributed by atoms with Crippen molar-refractivity contribution in [1.82, 2.24) is 9.80 Å². The molecule has 0 aromatic heterocycles. The van der Waals surface area contributed by atoms with Crippen LogP contribution < -0.4 is 5.73 Å². The van der Waals surface area contributed by atoms with E-state index in [2.05, 4.69) is 6.19 Å². The van der Waals surface area contributed by atoms with Crippen LogP contribution in [0.5, 0.6) is 0 Å². The van der Waals surface area contributed by atoms with Crippen molar-refractivity contribution >= 4 is 5.91 Å². The van der Waals surface area contributed by atoms with Crippen LogP contribution >= 0.6 is 0 Å². The summed E-state index contributed by atoms with van der Waals surface area (Å²) >= 11 is 0. The van der Waals surface area contributed by atoms with Gasteiger partial charge in [0.1, 0.15) is 0 Å². The first kappa shape index (κ1) is 9.81. The molecule has 0 unspecified atom stereocenters. The zero-order valence-electron chi connectivity index (χ0n) is 7.57. The van der Waals surface area contributed by atoms with Gasteiger partial charge in [-0.05, 0) is 0 Å². The van der Waals surface area contributed by atoms with Gasteiger partial charge in [-0.3, -0.25) is 4.79 Å². The average Bonchev–Trinajstić information content (AvgIpc) is 2.18. The van der Waals surface area contributed by atoms with E-state index in [1.807, 2.05) is 0 Å². The van der Waals surface area contributed by atoms with Crippen molar-refractivity contribution in [2.24, 2.45) is 5.73 Å². The lowest BCUT2D eigenvalue weighted by Gasteiger charge is -2.31. The van der Waals surface area contributed by atoms with Crippen LogP contribution in [0.15, 0.2) is 0 Å².